The first-order chi connectivity index (χ1) is 8.81. The number of ether oxygens (including phenoxy) is 1. The van der Waals surface area contributed by atoms with Crippen LogP contribution in [0.2, 0.25) is 0 Å². The van der Waals surface area contributed by atoms with Crippen molar-refractivity contribution in [3.05, 3.63) is 28.2 Å². The third-order valence-electron chi connectivity index (χ3n) is 2.74. The molecule has 1 aromatic rings. The van der Waals surface area contributed by atoms with Crippen molar-refractivity contribution in [3.63, 3.8) is 0 Å². The maximum absolute atomic E-state index is 12.1. The summed E-state index contributed by atoms with van der Waals surface area (Å²) in [5.74, 6) is 0.356. The average Bonchev–Trinajstić information content (AvgIpc) is 2.31. The highest BCUT2D eigenvalue weighted by molar-refractivity contribution is 9.10. The summed E-state index contributed by atoms with van der Waals surface area (Å²) < 4.78 is 40.5. The Labute approximate surface area is 119 Å². The van der Waals surface area contributed by atoms with E-state index in [9.17, 15) is 13.2 Å². The van der Waals surface area contributed by atoms with Gasteiger partial charge in [0.25, 0.3) is 0 Å². The van der Waals surface area contributed by atoms with Gasteiger partial charge in [0.1, 0.15) is 5.75 Å². The summed E-state index contributed by atoms with van der Waals surface area (Å²) in [6, 6.07) is 4.57. The molecule has 2 nitrogen and oxygen atoms in total. The fourth-order valence-electron chi connectivity index (χ4n) is 1.47. The smallest absolute Gasteiger partial charge is 0.405 e. The maximum Gasteiger partial charge on any atom is 0.573 e. The van der Waals surface area contributed by atoms with Gasteiger partial charge in [0.15, 0.2) is 0 Å². The Balaban J connectivity index is 2.57. The molecule has 0 aromatic heterocycles. The van der Waals surface area contributed by atoms with E-state index in [1.165, 1.54) is 6.07 Å². The SMILES string of the molecule is CCC(C)CNCc1ccc(OC(F)(F)F)c(Br)c1. The van der Waals surface area contributed by atoms with Crippen molar-refractivity contribution in [3.8, 4) is 5.75 Å². The second kappa shape index (κ2) is 7.14. The summed E-state index contributed by atoms with van der Waals surface area (Å²) in [6.45, 7) is 5.76. The van der Waals surface area contributed by atoms with Crippen molar-refractivity contribution < 1.29 is 17.9 Å². The number of halogens is 4. The zero-order valence-corrected chi connectivity index (χ0v) is 12.4. The molecule has 0 aliphatic carbocycles. The molecule has 0 bridgehead atoms. The van der Waals surface area contributed by atoms with Gasteiger partial charge in [0.05, 0.1) is 4.47 Å². The van der Waals surface area contributed by atoms with Crippen molar-refractivity contribution >= 4 is 15.9 Å². The highest BCUT2D eigenvalue weighted by Crippen LogP contribution is 2.31. The molecule has 108 valence electrons. The summed E-state index contributed by atoms with van der Waals surface area (Å²) in [5, 5.41) is 3.26. The molecule has 0 radical (unpaired) electrons. The van der Waals surface area contributed by atoms with Crippen molar-refractivity contribution in [1.29, 1.82) is 0 Å². The van der Waals surface area contributed by atoms with Gasteiger partial charge < -0.3 is 10.1 Å². The van der Waals surface area contributed by atoms with Crippen LogP contribution in [-0.4, -0.2) is 12.9 Å². The minimum Gasteiger partial charge on any atom is -0.405 e. The molecule has 6 heteroatoms. The third-order valence-corrected chi connectivity index (χ3v) is 3.36. The first-order valence-corrected chi connectivity index (χ1v) is 6.86. The monoisotopic (exact) mass is 339 g/mol. The molecule has 1 rings (SSSR count). The molecule has 1 aromatic carbocycles. The molecule has 1 N–H and O–H groups in total. The lowest BCUT2D eigenvalue weighted by Crippen LogP contribution is -2.20. The van der Waals surface area contributed by atoms with Gasteiger partial charge >= 0.3 is 6.36 Å². The van der Waals surface area contributed by atoms with Crippen molar-refractivity contribution in [2.75, 3.05) is 6.54 Å². The number of alkyl halides is 3. The molecular formula is C13H17BrF3NO. The average molecular weight is 340 g/mol. The zero-order chi connectivity index (χ0) is 14.5. The molecule has 0 fully saturated rings. The van der Waals surface area contributed by atoms with E-state index < -0.39 is 6.36 Å². The molecule has 0 saturated carbocycles. The van der Waals surface area contributed by atoms with E-state index >= 15 is 0 Å². The van der Waals surface area contributed by atoms with Gasteiger partial charge in [0, 0.05) is 6.54 Å². The molecule has 1 atom stereocenters. The summed E-state index contributed by atoms with van der Waals surface area (Å²) in [4.78, 5) is 0. The lowest BCUT2D eigenvalue weighted by atomic mass is 10.1. The predicted molar refractivity (Wildman–Crippen MR) is 72.0 cm³/mol. The molecular weight excluding hydrogens is 323 g/mol. The number of benzene rings is 1. The molecule has 0 saturated heterocycles. The van der Waals surface area contributed by atoms with Gasteiger partial charge in [-0.1, -0.05) is 26.3 Å². The van der Waals surface area contributed by atoms with Crippen LogP contribution in [0, 0.1) is 5.92 Å². The number of hydrogen-bond donors (Lipinski definition) is 1. The minimum atomic E-state index is -4.67. The zero-order valence-electron chi connectivity index (χ0n) is 10.9. The summed E-state index contributed by atoms with van der Waals surface area (Å²) in [6.07, 6.45) is -3.58. The Morgan fingerprint density at radius 2 is 2.05 bits per heavy atom. The minimum absolute atomic E-state index is 0.224. The molecule has 1 unspecified atom stereocenters. The summed E-state index contributed by atoms with van der Waals surface area (Å²) in [7, 11) is 0. The van der Waals surface area contributed by atoms with Gasteiger partial charge in [0.2, 0.25) is 0 Å². The lowest BCUT2D eigenvalue weighted by Gasteiger charge is -2.13. The summed E-state index contributed by atoms with van der Waals surface area (Å²) >= 11 is 3.08. The van der Waals surface area contributed by atoms with E-state index in [1.807, 2.05) is 0 Å². The molecule has 0 heterocycles. The van der Waals surface area contributed by atoms with Crippen LogP contribution in [0.15, 0.2) is 22.7 Å². The first-order valence-electron chi connectivity index (χ1n) is 6.06. The second-order valence-corrected chi connectivity index (χ2v) is 5.31. The first kappa shape index (κ1) is 16.3. The van der Waals surface area contributed by atoms with Gasteiger partial charge in [-0.3, -0.25) is 0 Å². The normalized spacial score (nSPS) is 13.4. The highest BCUT2D eigenvalue weighted by Gasteiger charge is 2.31. The highest BCUT2D eigenvalue weighted by atomic mass is 79.9. The molecule has 0 spiro atoms. The Kier molecular flexibility index (Phi) is 6.13. The molecule has 0 aliphatic heterocycles. The van der Waals surface area contributed by atoms with Crippen molar-refractivity contribution in [2.24, 2.45) is 5.92 Å². The Bertz CT molecular complexity index is 409. The standard InChI is InChI=1S/C13H17BrF3NO/c1-3-9(2)7-18-8-10-4-5-12(11(14)6-10)19-13(15,16)17/h4-6,9,18H,3,7-8H2,1-2H3. The predicted octanol–water partition coefficient (Wildman–Crippen LogP) is 4.48. The quantitative estimate of drug-likeness (QED) is 0.824. The Hall–Kier alpha value is -0.750. The van der Waals surface area contributed by atoms with Gasteiger partial charge in [-0.15, -0.1) is 13.2 Å². The fraction of sp³-hybridized carbons (Fsp3) is 0.538. The topological polar surface area (TPSA) is 21.3 Å². The van der Waals surface area contributed by atoms with Gasteiger partial charge in [-0.25, -0.2) is 0 Å². The van der Waals surface area contributed by atoms with Crippen LogP contribution in [-0.2, 0) is 6.54 Å². The van der Waals surface area contributed by atoms with E-state index in [4.69, 9.17) is 0 Å². The number of hydrogen-bond acceptors (Lipinski definition) is 2. The van der Waals surface area contributed by atoms with Crippen LogP contribution in [0.5, 0.6) is 5.75 Å². The van der Waals surface area contributed by atoms with Crippen LogP contribution in [0.25, 0.3) is 0 Å². The number of nitrogens with one attached hydrogen (secondary N) is 1. The van der Waals surface area contributed by atoms with Crippen LogP contribution in [0.1, 0.15) is 25.8 Å². The largest absolute Gasteiger partial charge is 0.573 e. The van der Waals surface area contributed by atoms with Crippen LogP contribution in [0.4, 0.5) is 13.2 Å². The Morgan fingerprint density at radius 3 is 2.58 bits per heavy atom. The molecule has 0 aliphatic rings. The summed E-state index contributed by atoms with van der Waals surface area (Å²) in [5.41, 5.74) is 0.907. The third kappa shape index (κ3) is 6.29. The fourth-order valence-corrected chi connectivity index (χ4v) is 1.98. The van der Waals surface area contributed by atoms with E-state index in [1.54, 1.807) is 12.1 Å². The van der Waals surface area contributed by atoms with Gasteiger partial charge in [-0.05, 0) is 46.1 Å². The lowest BCUT2D eigenvalue weighted by molar-refractivity contribution is -0.274. The molecule has 0 amide bonds. The van der Waals surface area contributed by atoms with E-state index in [-0.39, 0.29) is 5.75 Å². The van der Waals surface area contributed by atoms with E-state index in [0.29, 0.717) is 16.9 Å². The van der Waals surface area contributed by atoms with E-state index in [2.05, 4.69) is 39.8 Å². The maximum atomic E-state index is 12.1. The van der Waals surface area contributed by atoms with Crippen molar-refractivity contribution in [2.45, 2.75) is 33.2 Å². The van der Waals surface area contributed by atoms with E-state index in [0.717, 1.165) is 18.5 Å². The number of rotatable bonds is 6. The van der Waals surface area contributed by atoms with Gasteiger partial charge in [-0.2, -0.15) is 0 Å². The van der Waals surface area contributed by atoms with Crippen LogP contribution >= 0.6 is 15.9 Å². The van der Waals surface area contributed by atoms with Crippen molar-refractivity contribution in [1.82, 2.24) is 5.32 Å². The Morgan fingerprint density at radius 1 is 1.37 bits per heavy atom. The molecule has 19 heavy (non-hydrogen) atoms. The second-order valence-electron chi connectivity index (χ2n) is 4.46. The van der Waals surface area contributed by atoms with Crippen LogP contribution in [0.3, 0.4) is 0 Å². The van der Waals surface area contributed by atoms with Crippen LogP contribution < -0.4 is 10.1 Å².